The maximum Gasteiger partial charge on any atom is 0.261 e. The summed E-state index contributed by atoms with van der Waals surface area (Å²) in [5.41, 5.74) is 0.876. The average Bonchev–Trinajstić information content (AvgIpc) is 3.25. The molecule has 1 fully saturated rings. The van der Waals surface area contributed by atoms with E-state index in [1.54, 1.807) is 6.26 Å². The molecule has 2 N–H and O–H groups in total. The normalized spacial score (nSPS) is 15.0. The van der Waals surface area contributed by atoms with Gasteiger partial charge in [-0.15, -0.1) is 11.3 Å². The number of furan rings is 1. The number of aryl methyl sites for hydroxylation is 1. The molecule has 6 nitrogen and oxygen atoms in total. The zero-order valence-corrected chi connectivity index (χ0v) is 16.9. The van der Waals surface area contributed by atoms with Gasteiger partial charge in [0.15, 0.2) is 0 Å². The first-order valence-electron chi connectivity index (χ1n) is 9.50. The van der Waals surface area contributed by atoms with E-state index in [0.717, 1.165) is 42.3 Å². The summed E-state index contributed by atoms with van der Waals surface area (Å²) >= 11 is 1.33. The first-order valence-corrected chi connectivity index (χ1v) is 10.3. The van der Waals surface area contributed by atoms with Crippen LogP contribution in [0.15, 0.2) is 28.9 Å². The number of likely N-dealkylation sites (N-methyl/N-ethyl adjacent to an activating group) is 1. The Morgan fingerprint density at radius 3 is 2.67 bits per heavy atom. The van der Waals surface area contributed by atoms with Crippen molar-refractivity contribution < 1.29 is 14.0 Å². The SMILES string of the molecule is CCN(CC)C(CNC(=O)c1sc(NC(=O)C2CC2)cc1C)c1ccco1. The van der Waals surface area contributed by atoms with Crippen molar-refractivity contribution in [3.05, 3.63) is 40.7 Å². The Balaban J connectivity index is 1.65. The monoisotopic (exact) mass is 389 g/mol. The number of anilines is 1. The second kappa shape index (κ2) is 8.71. The van der Waals surface area contributed by atoms with Gasteiger partial charge < -0.3 is 15.1 Å². The van der Waals surface area contributed by atoms with Gasteiger partial charge in [-0.2, -0.15) is 0 Å². The van der Waals surface area contributed by atoms with Crippen molar-refractivity contribution in [1.29, 1.82) is 0 Å². The van der Waals surface area contributed by atoms with Gasteiger partial charge in [-0.1, -0.05) is 13.8 Å². The summed E-state index contributed by atoms with van der Waals surface area (Å²) in [5, 5.41) is 6.69. The second-order valence-corrected chi connectivity index (χ2v) is 7.90. The summed E-state index contributed by atoms with van der Waals surface area (Å²) in [6.45, 7) is 8.29. The van der Waals surface area contributed by atoms with Crippen LogP contribution in [0.2, 0.25) is 0 Å². The number of nitrogens with one attached hydrogen (secondary N) is 2. The van der Waals surface area contributed by atoms with E-state index in [-0.39, 0.29) is 23.8 Å². The third-order valence-electron chi connectivity index (χ3n) is 4.90. The van der Waals surface area contributed by atoms with E-state index in [0.29, 0.717) is 11.4 Å². The summed E-state index contributed by atoms with van der Waals surface area (Å²) in [7, 11) is 0. The van der Waals surface area contributed by atoms with Gasteiger partial charge in [-0.05, 0) is 56.6 Å². The van der Waals surface area contributed by atoms with Gasteiger partial charge in [-0.3, -0.25) is 14.5 Å². The van der Waals surface area contributed by atoms with E-state index in [9.17, 15) is 9.59 Å². The molecule has 1 aliphatic rings. The topological polar surface area (TPSA) is 74.6 Å². The lowest BCUT2D eigenvalue weighted by Gasteiger charge is -2.28. The molecule has 0 aliphatic heterocycles. The van der Waals surface area contributed by atoms with Gasteiger partial charge in [0.2, 0.25) is 5.91 Å². The number of carbonyl (C=O) groups excluding carboxylic acids is 2. The van der Waals surface area contributed by atoms with Crippen LogP contribution < -0.4 is 10.6 Å². The Morgan fingerprint density at radius 2 is 2.07 bits per heavy atom. The molecule has 1 saturated carbocycles. The molecule has 3 rings (SSSR count). The Kier molecular flexibility index (Phi) is 6.34. The van der Waals surface area contributed by atoms with E-state index in [1.807, 2.05) is 25.1 Å². The summed E-state index contributed by atoms with van der Waals surface area (Å²) in [5.74, 6) is 0.933. The number of thiophene rings is 1. The van der Waals surface area contributed by atoms with E-state index in [4.69, 9.17) is 4.42 Å². The fraction of sp³-hybridized carbons (Fsp3) is 0.500. The smallest absolute Gasteiger partial charge is 0.261 e. The molecule has 0 bridgehead atoms. The third kappa shape index (κ3) is 4.78. The second-order valence-electron chi connectivity index (χ2n) is 6.85. The fourth-order valence-corrected chi connectivity index (χ4v) is 4.15. The Labute approximate surface area is 163 Å². The lowest BCUT2D eigenvalue weighted by Crippen LogP contribution is -2.37. The highest BCUT2D eigenvalue weighted by molar-refractivity contribution is 7.18. The van der Waals surface area contributed by atoms with Gasteiger partial charge in [0.25, 0.3) is 5.91 Å². The molecular formula is C20H27N3O3S. The van der Waals surface area contributed by atoms with Crippen molar-refractivity contribution in [3.8, 4) is 0 Å². The minimum atomic E-state index is -0.117. The first-order chi connectivity index (χ1) is 13.0. The Hall–Kier alpha value is -2.12. The van der Waals surface area contributed by atoms with Crippen molar-refractivity contribution in [1.82, 2.24) is 10.2 Å². The lowest BCUT2D eigenvalue weighted by molar-refractivity contribution is -0.117. The molecule has 2 aromatic heterocycles. The molecule has 2 aromatic rings. The molecule has 2 heterocycles. The summed E-state index contributed by atoms with van der Waals surface area (Å²) in [4.78, 5) is 27.5. The van der Waals surface area contributed by atoms with Crippen molar-refractivity contribution in [2.24, 2.45) is 5.92 Å². The van der Waals surface area contributed by atoms with Crippen LogP contribution in [0.5, 0.6) is 0 Å². The Bertz CT molecular complexity index is 777. The van der Waals surface area contributed by atoms with Gasteiger partial charge in [-0.25, -0.2) is 0 Å². The molecule has 27 heavy (non-hydrogen) atoms. The van der Waals surface area contributed by atoms with Gasteiger partial charge in [0.05, 0.1) is 22.2 Å². The van der Waals surface area contributed by atoms with Crippen molar-refractivity contribution in [3.63, 3.8) is 0 Å². The van der Waals surface area contributed by atoms with Gasteiger partial charge in [0.1, 0.15) is 5.76 Å². The van der Waals surface area contributed by atoms with E-state index < -0.39 is 0 Å². The molecule has 2 amide bonds. The molecule has 0 radical (unpaired) electrons. The maximum atomic E-state index is 12.7. The van der Waals surface area contributed by atoms with Crippen LogP contribution in [0.1, 0.15) is 53.7 Å². The molecule has 1 atom stereocenters. The molecule has 0 saturated heterocycles. The van der Waals surface area contributed by atoms with Crippen LogP contribution in [-0.2, 0) is 4.79 Å². The van der Waals surface area contributed by atoms with Crippen LogP contribution in [-0.4, -0.2) is 36.3 Å². The molecule has 0 aromatic carbocycles. The predicted octanol–water partition coefficient (Wildman–Crippen LogP) is 3.81. The molecule has 146 valence electrons. The molecule has 0 spiro atoms. The molecule has 1 unspecified atom stereocenters. The summed E-state index contributed by atoms with van der Waals surface area (Å²) in [6, 6.07) is 5.67. The van der Waals surface area contributed by atoms with E-state index in [2.05, 4.69) is 29.4 Å². The van der Waals surface area contributed by atoms with Crippen LogP contribution in [0.25, 0.3) is 0 Å². The third-order valence-corrected chi connectivity index (χ3v) is 6.05. The summed E-state index contributed by atoms with van der Waals surface area (Å²) in [6.07, 6.45) is 3.58. The van der Waals surface area contributed by atoms with Crippen molar-refractivity contribution >= 4 is 28.2 Å². The van der Waals surface area contributed by atoms with Gasteiger partial charge in [0, 0.05) is 12.5 Å². The molecule has 1 aliphatic carbocycles. The number of hydrogen-bond acceptors (Lipinski definition) is 5. The standard InChI is InChI=1S/C20H27N3O3S/c1-4-23(5-2)15(16-7-6-10-26-16)12-21-20(25)18-13(3)11-17(27-18)22-19(24)14-8-9-14/h6-7,10-11,14-15H,4-5,8-9,12H2,1-3H3,(H,21,25)(H,22,24). The number of rotatable bonds is 9. The van der Waals surface area contributed by atoms with E-state index in [1.165, 1.54) is 11.3 Å². The number of hydrogen-bond donors (Lipinski definition) is 2. The zero-order chi connectivity index (χ0) is 19.4. The zero-order valence-electron chi connectivity index (χ0n) is 16.1. The van der Waals surface area contributed by atoms with Crippen molar-refractivity contribution in [2.45, 2.75) is 39.7 Å². The summed E-state index contributed by atoms with van der Waals surface area (Å²) < 4.78 is 5.58. The quantitative estimate of drug-likeness (QED) is 0.684. The predicted molar refractivity (Wildman–Crippen MR) is 107 cm³/mol. The van der Waals surface area contributed by atoms with Gasteiger partial charge >= 0.3 is 0 Å². The van der Waals surface area contributed by atoms with E-state index >= 15 is 0 Å². The maximum absolute atomic E-state index is 12.7. The highest BCUT2D eigenvalue weighted by Crippen LogP contribution is 2.33. The van der Waals surface area contributed by atoms with Crippen LogP contribution in [0.4, 0.5) is 5.00 Å². The molecule has 7 heteroatoms. The highest BCUT2D eigenvalue weighted by Gasteiger charge is 2.30. The first kappa shape index (κ1) is 19.6. The Morgan fingerprint density at radius 1 is 1.33 bits per heavy atom. The minimum absolute atomic E-state index is 0.00624. The largest absolute Gasteiger partial charge is 0.468 e. The average molecular weight is 390 g/mol. The lowest BCUT2D eigenvalue weighted by atomic mass is 10.1. The number of carbonyl (C=O) groups is 2. The minimum Gasteiger partial charge on any atom is -0.468 e. The number of nitrogens with zero attached hydrogens (tertiary/aromatic N) is 1. The molecular weight excluding hydrogens is 362 g/mol. The van der Waals surface area contributed by atoms with Crippen LogP contribution in [0.3, 0.4) is 0 Å². The van der Waals surface area contributed by atoms with Crippen LogP contribution in [0, 0.1) is 12.8 Å². The highest BCUT2D eigenvalue weighted by atomic mass is 32.1. The van der Waals surface area contributed by atoms with Crippen LogP contribution >= 0.6 is 11.3 Å². The fourth-order valence-electron chi connectivity index (χ4n) is 3.16. The van der Waals surface area contributed by atoms with Crippen molar-refractivity contribution in [2.75, 3.05) is 25.0 Å². The number of amides is 2.